The highest BCUT2D eigenvalue weighted by Gasteiger charge is 2.37. The third kappa shape index (κ3) is 9.76. The van der Waals surface area contributed by atoms with E-state index in [4.69, 9.17) is 0 Å². The number of aromatic nitrogens is 1. The number of hydrogen-bond acceptors (Lipinski definition) is 8. The Morgan fingerprint density at radius 3 is 2.57 bits per heavy atom. The van der Waals surface area contributed by atoms with Gasteiger partial charge in [-0.15, -0.1) is 11.8 Å². The predicted octanol–water partition coefficient (Wildman–Crippen LogP) is 1.26. The largest absolute Gasteiger partial charge is 0.353 e. The number of likely N-dealkylation sites (N-methyl/N-ethyl adjacent to an activating group) is 3. The SMILES string of the molecule is CN(C)CCNC(=O)C1CCC(=O)N(C)CC(=O)N2CC(NC(=O)CCc3ccncc3)CC2CSc2cccc(c2)C(=O)N1C. The normalized spacial score (nSPS) is 21.4. The number of thioether (sulfide) groups is 1. The van der Waals surface area contributed by atoms with E-state index in [2.05, 4.69) is 15.6 Å². The maximum atomic E-state index is 13.6. The molecule has 0 aliphatic carbocycles. The van der Waals surface area contributed by atoms with Crippen LogP contribution >= 0.6 is 11.8 Å². The lowest BCUT2D eigenvalue weighted by Gasteiger charge is -2.30. The molecule has 2 aromatic rings. The van der Waals surface area contributed by atoms with Crippen LogP contribution in [-0.2, 0) is 25.6 Å². The van der Waals surface area contributed by atoms with E-state index in [1.807, 2.05) is 37.2 Å². The van der Waals surface area contributed by atoms with Gasteiger partial charge in [0.2, 0.25) is 23.6 Å². The molecular formula is C33H45N7O5S. The lowest BCUT2D eigenvalue weighted by Crippen LogP contribution is -2.49. The molecule has 3 unspecified atom stereocenters. The molecule has 46 heavy (non-hydrogen) atoms. The monoisotopic (exact) mass is 651 g/mol. The molecule has 0 saturated carbocycles. The summed E-state index contributed by atoms with van der Waals surface area (Å²) in [7, 11) is 6.97. The molecule has 3 heterocycles. The van der Waals surface area contributed by atoms with Crippen LogP contribution in [0.5, 0.6) is 0 Å². The van der Waals surface area contributed by atoms with Crippen molar-refractivity contribution in [3.63, 3.8) is 0 Å². The summed E-state index contributed by atoms with van der Waals surface area (Å²) in [5.74, 6) is -0.651. The number of fused-ring (bicyclic) bond motifs is 3. The van der Waals surface area contributed by atoms with E-state index in [-0.39, 0.29) is 61.0 Å². The number of carbonyl (C=O) groups excluding carboxylic acids is 5. The molecule has 2 N–H and O–H groups in total. The average molecular weight is 652 g/mol. The van der Waals surface area contributed by atoms with Gasteiger partial charge >= 0.3 is 0 Å². The van der Waals surface area contributed by atoms with Gasteiger partial charge in [-0.3, -0.25) is 29.0 Å². The second-order valence-corrected chi connectivity index (χ2v) is 13.3. The Bertz CT molecular complexity index is 1390. The molecule has 1 fully saturated rings. The summed E-state index contributed by atoms with van der Waals surface area (Å²) in [4.78, 5) is 77.8. The van der Waals surface area contributed by atoms with Crippen LogP contribution in [0.1, 0.15) is 41.6 Å². The fourth-order valence-electron chi connectivity index (χ4n) is 5.70. The topological polar surface area (TPSA) is 135 Å². The zero-order valence-electron chi connectivity index (χ0n) is 27.1. The first kappa shape index (κ1) is 34.9. The van der Waals surface area contributed by atoms with Crippen molar-refractivity contribution in [2.75, 3.05) is 60.1 Å². The molecule has 2 aliphatic heterocycles. The van der Waals surface area contributed by atoms with Gasteiger partial charge < -0.3 is 30.2 Å². The molecule has 2 bridgehead atoms. The van der Waals surface area contributed by atoms with E-state index in [1.165, 1.54) is 21.6 Å². The summed E-state index contributed by atoms with van der Waals surface area (Å²) < 4.78 is 0. The zero-order valence-corrected chi connectivity index (χ0v) is 27.9. The van der Waals surface area contributed by atoms with Gasteiger partial charge in [-0.05, 0) is 69.3 Å². The first-order chi connectivity index (χ1) is 22.0. The highest BCUT2D eigenvalue weighted by atomic mass is 32.2. The third-order valence-corrected chi connectivity index (χ3v) is 9.53. The van der Waals surface area contributed by atoms with E-state index in [1.54, 1.807) is 49.6 Å². The van der Waals surface area contributed by atoms with E-state index in [9.17, 15) is 24.0 Å². The highest BCUT2D eigenvalue weighted by Crippen LogP contribution is 2.28. The molecule has 1 aromatic carbocycles. The zero-order chi connectivity index (χ0) is 33.2. The van der Waals surface area contributed by atoms with Crippen LogP contribution in [0.2, 0.25) is 0 Å². The molecule has 12 nitrogen and oxygen atoms in total. The molecule has 13 heteroatoms. The lowest BCUT2D eigenvalue weighted by atomic mass is 10.1. The first-order valence-corrected chi connectivity index (χ1v) is 16.6. The van der Waals surface area contributed by atoms with Crippen LogP contribution in [-0.4, -0.2) is 132 Å². The van der Waals surface area contributed by atoms with Gasteiger partial charge in [0.15, 0.2) is 0 Å². The molecule has 4 rings (SSSR count). The Kier molecular flexibility index (Phi) is 12.6. The summed E-state index contributed by atoms with van der Waals surface area (Å²) in [6.45, 7) is 1.27. The lowest BCUT2D eigenvalue weighted by molar-refractivity contribution is -0.140. The number of benzene rings is 1. The van der Waals surface area contributed by atoms with Crippen LogP contribution in [0, 0.1) is 0 Å². The molecule has 0 radical (unpaired) electrons. The van der Waals surface area contributed by atoms with Crippen LogP contribution < -0.4 is 10.6 Å². The second-order valence-electron chi connectivity index (χ2n) is 12.2. The highest BCUT2D eigenvalue weighted by molar-refractivity contribution is 7.99. The van der Waals surface area contributed by atoms with Gasteiger partial charge in [0.25, 0.3) is 5.91 Å². The van der Waals surface area contributed by atoms with Crippen molar-refractivity contribution in [3.8, 4) is 0 Å². The maximum Gasteiger partial charge on any atom is 0.254 e. The maximum absolute atomic E-state index is 13.6. The Morgan fingerprint density at radius 1 is 1.07 bits per heavy atom. The van der Waals surface area contributed by atoms with Gasteiger partial charge in [0.1, 0.15) is 6.04 Å². The summed E-state index contributed by atoms with van der Waals surface area (Å²) in [5, 5.41) is 5.99. The number of amides is 5. The van der Waals surface area contributed by atoms with Crippen molar-refractivity contribution in [1.29, 1.82) is 0 Å². The molecule has 1 saturated heterocycles. The number of carbonyl (C=O) groups is 5. The quantitative estimate of drug-likeness (QED) is 0.436. The minimum absolute atomic E-state index is 0.0113. The minimum Gasteiger partial charge on any atom is -0.353 e. The van der Waals surface area contributed by atoms with Crippen LogP contribution in [0.3, 0.4) is 0 Å². The van der Waals surface area contributed by atoms with Crippen molar-refractivity contribution in [1.82, 2.24) is 35.2 Å². The Balaban J connectivity index is 1.49. The minimum atomic E-state index is -0.863. The number of pyridine rings is 1. The van der Waals surface area contributed by atoms with E-state index < -0.39 is 6.04 Å². The Morgan fingerprint density at radius 2 is 1.83 bits per heavy atom. The standard InChI is InChI=1S/C33H45N7O5S/c1-37(2)17-16-35-32(44)28-9-11-30(42)38(3)21-31(43)40-20-25(36-29(41)10-8-23-12-14-34-15-13-23)19-26(40)22-46-27-7-5-6-24(18-27)33(45)39(28)4/h5-7,12-15,18,25-26,28H,8-11,16-17,19-22H2,1-4H3,(H,35,44)(H,36,41). The van der Waals surface area contributed by atoms with Crippen LogP contribution in [0.25, 0.3) is 0 Å². The molecule has 0 spiro atoms. The molecule has 2 aliphatic rings. The van der Waals surface area contributed by atoms with Gasteiger partial charge in [0.05, 0.1) is 6.54 Å². The van der Waals surface area contributed by atoms with Crippen molar-refractivity contribution in [3.05, 3.63) is 59.9 Å². The number of aryl methyl sites for hydroxylation is 1. The summed E-state index contributed by atoms with van der Waals surface area (Å²) >= 11 is 1.53. The molecular weight excluding hydrogens is 606 g/mol. The van der Waals surface area contributed by atoms with E-state index >= 15 is 0 Å². The predicted molar refractivity (Wildman–Crippen MR) is 176 cm³/mol. The number of nitrogens with zero attached hydrogens (tertiary/aromatic N) is 5. The van der Waals surface area contributed by atoms with Crippen LogP contribution in [0.4, 0.5) is 0 Å². The fourth-order valence-corrected chi connectivity index (χ4v) is 6.79. The van der Waals surface area contributed by atoms with Crippen molar-refractivity contribution >= 4 is 41.3 Å². The van der Waals surface area contributed by atoms with Gasteiger partial charge in [-0.1, -0.05) is 6.07 Å². The van der Waals surface area contributed by atoms with E-state index in [0.717, 1.165) is 10.5 Å². The molecule has 1 aromatic heterocycles. The smallest absolute Gasteiger partial charge is 0.254 e. The Labute approximate surface area is 275 Å². The average Bonchev–Trinajstić information content (AvgIpc) is 3.44. The van der Waals surface area contributed by atoms with Crippen LogP contribution in [0.15, 0.2) is 53.7 Å². The number of rotatable bonds is 8. The second kappa shape index (κ2) is 16.5. The fraction of sp³-hybridized carbons (Fsp3) is 0.515. The van der Waals surface area contributed by atoms with Crippen molar-refractivity contribution in [2.24, 2.45) is 0 Å². The van der Waals surface area contributed by atoms with Gasteiger partial charge in [-0.25, -0.2) is 0 Å². The van der Waals surface area contributed by atoms with Gasteiger partial charge in [-0.2, -0.15) is 0 Å². The molecule has 5 amide bonds. The summed E-state index contributed by atoms with van der Waals surface area (Å²) in [5.41, 5.74) is 1.47. The number of hydrogen-bond donors (Lipinski definition) is 2. The van der Waals surface area contributed by atoms with Crippen molar-refractivity contribution in [2.45, 2.75) is 55.1 Å². The van der Waals surface area contributed by atoms with Gasteiger partial charge in [0, 0.05) is 87.3 Å². The third-order valence-electron chi connectivity index (χ3n) is 8.39. The van der Waals surface area contributed by atoms with Crippen molar-refractivity contribution < 1.29 is 24.0 Å². The molecule has 248 valence electrons. The van der Waals surface area contributed by atoms with E-state index in [0.29, 0.717) is 50.2 Å². The first-order valence-electron chi connectivity index (χ1n) is 15.7. The Hall–Kier alpha value is -3.97. The number of nitrogens with one attached hydrogen (secondary N) is 2. The molecule has 3 atom stereocenters. The summed E-state index contributed by atoms with van der Waals surface area (Å²) in [6, 6.07) is 9.77. The summed E-state index contributed by atoms with van der Waals surface area (Å²) in [6.07, 6.45) is 5.02.